The maximum Gasteiger partial charge on any atom is 0.233 e. The Balaban J connectivity index is 1.65. The van der Waals surface area contributed by atoms with E-state index in [1.165, 1.54) is 11.8 Å². The Bertz CT molecular complexity index is 629. The molecule has 138 valence electrons. The predicted octanol–water partition coefficient (Wildman–Crippen LogP) is 1.96. The molecule has 25 heavy (non-hydrogen) atoms. The van der Waals surface area contributed by atoms with E-state index in [-0.39, 0.29) is 17.1 Å². The first-order chi connectivity index (χ1) is 12.1. The molecule has 1 aliphatic heterocycles. The molecule has 1 atom stereocenters. The zero-order chi connectivity index (χ0) is 17.8. The summed E-state index contributed by atoms with van der Waals surface area (Å²) in [5.74, 6) is 1.06. The van der Waals surface area contributed by atoms with Crippen molar-refractivity contribution in [2.45, 2.75) is 81.9 Å². The SMILES string of the molecule is CCn1c(CN2CCCCCC2=O)nnc1S[C@@H](C)C(=O)NC1CC1. The van der Waals surface area contributed by atoms with E-state index < -0.39 is 0 Å². The van der Waals surface area contributed by atoms with Gasteiger partial charge in [0, 0.05) is 25.6 Å². The number of carbonyl (C=O) groups is 2. The molecular formula is C17H27N5O2S. The van der Waals surface area contributed by atoms with Gasteiger partial charge in [-0.25, -0.2) is 0 Å². The highest BCUT2D eigenvalue weighted by molar-refractivity contribution is 8.00. The van der Waals surface area contributed by atoms with Gasteiger partial charge in [-0.1, -0.05) is 18.2 Å². The number of amides is 2. The summed E-state index contributed by atoms with van der Waals surface area (Å²) in [7, 11) is 0. The van der Waals surface area contributed by atoms with Gasteiger partial charge in [0.15, 0.2) is 11.0 Å². The van der Waals surface area contributed by atoms with E-state index >= 15 is 0 Å². The molecule has 0 spiro atoms. The van der Waals surface area contributed by atoms with Gasteiger partial charge in [-0.2, -0.15) is 0 Å². The summed E-state index contributed by atoms with van der Waals surface area (Å²) in [5.41, 5.74) is 0. The van der Waals surface area contributed by atoms with Gasteiger partial charge in [0.1, 0.15) is 0 Å². The summed E-state index contributed by atoms with van der Waals surface area (Å²) in [6, 6.07) is 0.365. The molecule has 1 aromatic rings. The van der Waals surface area contributed by atoms with E-state index in [1.54, 1.807) is 0 Å². The van der Waals surface area contributed by atoms with E-state index in [4.69, 9.17) is 0 Å². The number of likely N-dealkylation sites (tertiary alicyclic amines) is 1. The second-order valence-corrected chi connectivity index (χ2v) is 8.12. The summed E-state index contributed by atoms with van der Waals surface area (Å²) in [6.07, 6.45) is 5.93. The molecule has 0 unspecified atom stereocenters. The fourth-order valence-corrected chi connectivity index (χ4v) is 3.92. The number of hydrogen-bond acceptors (Lipinski definition) is 5. The Morgan fingerprint density at radius 2 is 2.12 bits per heavy atom. The molecular weight excluding hydrogens is 338 g/mol. The van der Waals surface area contributed by atoms with Crippen LogP contribution in [0.1, 0.15) is 58.2 Å². The molecule has 1 saturated carbocycles. The van der Waals surface area contributed by atoms with Crippen molar-refractivity contribution in [2.24, 2.45) is 0 Å². The predicted molar refractivity (Wildman–Crippen MR) is 96.1 cm³/mol. The minimum Gasteiger partial charge on any atom is -0.352 e. The number of nitrogens with zero attached hydrogens (tertiary/aromatic N) is 4. The summed E-state index contributed by atoms with van der Waals surface area (Å²) in [5, 5.41) is 12.1. The third kappa shape index (κ3) is 4.74. The maximum atomic E-state index is 12.2. The first-order valence-corrected chi connectivity index (χ1v) is 10.1. The van der Waals surface area contributed by atoms with Gasteiger partial charge in [0.2, 0.25) is 11.8 Å². The molecule has 1 N–H and O–H groups in total. The van der Waals surface area contributed by atoms with Crippen LogP contribution in [0.3, 0.4) is 0 Å². The van der Waals surface area contributed by atoms with Gasteiger partial charge >= 0.3 is 0 Å². The zero-order valence-electron chi connectivity index (χ0n) is 15.0. The third-order valence-corrected chi connectivity index (χ3v) is 5.77. The van der Waals surface area contributed by atoms with Crippen LogP contribution in [0.5, 0.6) is 0 Å². The number of carbonyl (C=O) groups excluding carboxylic acids is 2. The van der Waals surface area contributed by atoms with Gasteiger partial charge in [0.05, 0.1) is 11.8 Å². The number of rotatable bonds is 7. The molecule has 1 saturated heterocycles. The quantitative estimate of drug-likeness (QED) is 0.747. The minimum atomic E-state index is -0.206. The molecule has 7 nitrogen and oxygen atoms in total. The summed E-state index contributed by atoms with van der Waals surface area (Å²) in [6.45, 7) is 5.95. The summed E-state index contributed by atoms with van der Waals surface area (Å²) in [4.78, 5) is 26.3. The summed E-state index contributed by atoms with van der Waals surface area (Å²) < 4.78 is 2.02. The Morgan fingerprint density at radius 1 is 1.32 bits per heavy atom. The molecule has 0 radical (unpaired) electrons. The zero-order valence-corrected chi connectivity index (χ0v) is 15.8. The average molecular weight is 366 g/mol. The number of thioether (sulfide) groups is 1. The smallest absolute Gasteiger partial charge is 0.233 e. The Hall–Kier alpha value is -1.57. The molecule has 0 aromatic carbocycles. The standard InChI is InChI=1S/C17H27N5O2S/c1-3-22-14(11-21-10-6-4-5-7-15(21)23)19-20-17(22)25-12(2)16(24)18-13-8-9-13/h12-13H,3-11H2,1-2H3,(H,18,24)/t12-/m0/s1. The number of nitrogens with one attached hydrogen (secondary N) is 1. The first-order valence-electron chi connectivity index (χ1n) is 9.25. The molecule has 2 heterocycles. The van der Waals surface area contributed by atoms with E-state index in [9.17, 15) is 9.59 Å². The molecule has 2 amide bonds. The molecule has 1 aromatic heterocycles. The van der Waals surface area contributed by atoms with Crippen LogP contribution in [0, 0.1) is 0 Å². The van der Waals surface area contributed by atoms with Crippen LogP contribution < -0.4 is 5.32 Å². The van der Waals surface area contributed by atoms with E-state index in [1.807, 2.05) is 23.3 Å². The van der Waals surface area contributed by atoms with Crippen molar-refractivity contribution in [1.29, 1.82) is 0 Å². The van der Waals surface area contributed by atoms with E-state index in [0.29, 0.717) is 19.0 Å². The lowest BCUT2D eigenvalue weighted by Crippen LogP contribution is -2.32. The first kappa shape index (κ1) is 18.2. The largest absolute Gasteiger partial charge is 0.352 e. The van der Waals surface area contributed by atoms with Crippen molar-refractivity contribution >= 4 is 23.6 Å². The lowest BCUT2D eigenvalue weighted by Gasteiger charge is -2.20. The van der Waals surface area contributed by atoms with Gasteiger partial charge < -0.3 is 14.8 Å². The fraction of sp³-hybridized carbons (Fsp3) is 0.765. The molecule has 2 fully saturated rings. The van der Waals surface area contributed by atoms with Crippen molar-refractivity contribution in [1.82, 2.24) is 25.0 Å². The van der Waals surface area contributed by atoms with Crippen LogP contribution in [0.25, 0.3) is 0 Å². The van der Waals surface area contributed by atoms with E-state index in [0.717, 1.165) is 56.2 Å². The van der Waals surface area contributed by atoms with Crippen molar-refractivity contribution in [3.63, 3.8) is 0 Å². The molecule has 2 aliphatic rings. The normalized spacial score (nSPS) is 19.6. The molecule has 3 rings (SSSR count). The number of hydrogen-bond donors (Lipinski definition) is 1. The average Bonchev–Trinajstić information content (AvgIpc) is 3.35. The van der Waals surface area contributed by atoms with Crippen LogP contribution >= 0.6 is 11.8 Å². The summed E-state index contributed by atoms with van der Waals surface area (Å²) >= 11 is 1.43. The van der Waals surface area contributed by atoms with Gasteiger partial charge in [-0.05, 0) is 39.5 Å². The highest BCUT2D eigenvalue weighted by atomic mass is 32.2. The topological polar surface area (TPSA) is 80.1 Å². The Kier molecular flexibility index (Phi) is 5.98. The second kappa shape index (κ2) is 8.21. The second-order valence-electron chi connectivity index (χ2n) is 6.81. The third-order valence-electron chi connectivity index (χ3n) is 4.69. The van der Waals surface area contributed by atoms with Crippen LogP contribution in [0.4, 0.5) is 0 Å². The molecule has 8 heteroatoms. The highest BCUT2D eigenvalue weighted by Crippen LogP contribution is 2.25. The molecule has 1 aliphatic carbocycles. The van der Waals surface area contributed by atoms with Gasteiger partial charge in [0.25, 0.3) is 0 Å². The number of aromatic nitrogens is 3. The lowest BCUT2D eigenvalue weighted by molar-refractivity contribution is -0.131. The molecule has 0 bridgehead atoms. The van der Waals surface area contributed by atoms with Crippen LogP contribution in [0.2, 0.25) is 0 Å². The Morgan fingerprint density at radius 3 is 2.84 bits per heavy atom. The fourth-order valence-electron chi connectivity index (χ4n) is 2.98. The van der Waals surface area contributed by atoms with Gasteiger partial charge in [-0.3, -0.25) is 9.59 Å². The van der Waals surface area contributed by atoms with Crippen molar-refractivity contribution in [2.75, 3.05) is 6.54 Å². The van der Waals surface area contributed by atoms with Crippen molar-refractivity contribution in [3.05, 3.63) is 5.82 Å². The van der Waals surface area contributed by atoms with Crippen LogP contribution in [-0.2, 0) is 22.7 Å². The van der Waals surface area contributed by atoms with Crippen molar-refractivity contribution < 1.29 is 9.59 Å². The minimum absolute atomic E-state index is 0.0578. The highest BCUT2D eigenvalue weighted by Gasteiger charge is 2.27. The van der Waals surface area contributed by atoms with Gasteiger partial charge in [-0.15, -0.1) is 10.2 Å². The maximum absolute atomic E-state index is 12.2. The van der Waals surface area contributed by atoms with E-state index in [2.05, 4.69) is 15.5 Å². The Labute approximate surface area is 152 Å². The van der Waals surface area contributed by atoms with Crippen molar-refractivity contribution in [3.8, 4) is 0 Å². The van der Waals surface area contributed by atoms with Crippen LogP contribution in [-0.4, -0.2) is 49.3 Å². The lowest BCUT2D eigenvalue weighted by atomic mass is 10.2. The van der Waals surface area contributed by atoms with Crippen LogP contribution in [0.15, 0.2) is 5.16 Å². The monoisotopic (exact) mass is 365 g/mol.